The second kappa shape index (κ2) is 6.53. The Morgan fingerprint density at radius 3 is 2.68 bits per heavy atom. The molecule has 0 amide bonds. The van der Waals surface area contributed by atoms with Crippen molar-refractivity contribution in [3.05, 3.63) is 48.0 Å². The van der Waals surface area contributed by atoms with Crippen LogP contribution in [0.3, 0.4) is 0 Å². The largest absolute Gasteiger partial charge is 0.493 e. The van der Waals surface area contributed by atoms with Crippen LogP contribution in [0, 0.1) is 5.82 Å². The minimum absolute atomic E-state index is 0.249. The summed E-state index contributed by atoms with van der Waals surface area (Å²) in [4.78, 5) is 11.4. The Hall–Kier alpha value is -2.37. The van der Waals surface area contributed by atoms with Gasteiger partial charge in [-0.05, 0) is 30.3 Å². The van der Waals surface area contributed by atoms with E-state index in [1.165, 1.54) is 24.4 Å². The zero-order chi connectivity index (χ0) is 13.5. The number of carbonyl (C=O) groups is 1. The molecular weight excluding hydrogens is 251 g/mol. The molecule has 1 N–H and O–H groups in total. The summed E-state index contributed by atoms with van der Waals surface area (Å²) in [6.07, 6.45) is 2.03. The molecule has 2 rings (SSSR count). The van der Waals surface area contributed by atoms with Crippen molar-refractivity contribution in [1.29, 1.82) is 0 Å². The number of esters is 1. The van der Waals surface area contributed by atoms with E-state index >= 15 is 0 Å². The van der Waals surface area contributed by atoms with E-state index < -0.39 is 5.97 Å². The van der Waals surface area contributed by atoms with Crippen molar-refractivity contribution in [2.45, 2.75) is 6.42 Å². The van der Waals surface area contributed by atoms with Crippen molar-refractivity contribution < 1.29 is 18.7 Å². The molecule has 0 fully saturated rings. The molecule has 0 spiro atoms. The van der Waals surface area contributed by atoms with Gasteiger partial charge in [0.25, 0.3) is 0 Å². The Labute approximate surface area is 109 Å². The number of hydrogen-bond donors (Lipinski definition) is 1. The second-order valence-corrected chi connectivity index (χ2v) is 3.76. The molecule has 6 heteroatoms. The van der Waals surface area contributed by atoms with E-state index in [9.17, 15) is 9.18 Å². The van der Waals surface area contributed by atoms with E-state index in [1.54, 1.807) is 12.1 Å². The number of benzene rings is 1. The van der Waals surface area contributed by atoms with Crippen LogP contribution in [-0.4, -0.2) is 29.4 Å². The third-order valence-corrected chi connectivity index (χ3v) is 2.32. The summed E-state index contributed by atoms with van der Waals surface area (Å²) < 4.78 is 23.0. The maximum absolute atomic E-state index is 12.6. The number of halogens is 1. The average molecular weight is 264 g/mol. The Kier molecular flexibility index (Phi) is 4.49. The summed E-state index contributed by atoms with van der Waals surface area (Å²) in [6, 6.07) is 7.29. The van der Waals surface area contributed by atoms with Crippen LogP contribution in [0.5, 0.6) is 5.75 Å². The van der Waals surface area contributed by atoms with Crippen molar-refractivity contribution in [1.82, 2.24) is 10.2 Å². The molecule has 0 saturated heterocycles. The van der Waals surface area contributed by atoms with Crippen LogP contribution in [0.15, 0.2) is 36.5 Å². The first-order valence-corrected chi connectivity index (χ1v) is 5.80. The molecule has 1 aromatic carbocycles. The molecule has 0 saturated carbocycles. The number of H-pyrrole nitrogens is 1. The van der Waals surface area contributed by atoms with E-state index in [-0.39, 0.29) is 12.4 Å². The Bertz CT molecular complexity index is 511. The van der Waals surface area contributed by atoms with Gasteiger partial charge >= 0.3 is 5.97 Å². The van der Waals surface area contributed by atoms with Gasteiger partial charge in [-0.3, -0.25) is 5.10 Å². The minimum Gasteiger partial charge on any atom is -0.493 e. The Balaban J connectivity index is 1.62. The third-order valence-electron chi connectivity index (χ3n) is 2.32. The van der Waals surface area contributed by atoms with Gasteiger partial charge in [-0.15, -0.1) is 0 Å². The fourth-order valence-corrected chi connectivity index (χ4v) is 1.39. The zero-order valence-electron chi connectivity index (χ0n) is 10.1. The molecule has 5 nitrogen and oxygen atoms in total. The number of hydrogen-bond acceptors (Lipinski definition) is 4. The monoisotopic (exact) mass is 264 g/mol. The van der Waals surface area contributed by atoms with Crippen LogP contribution < -0.4 is 4.74 Å². The lowest BCUT2D eigenvalue weighted by Crippen LogP contribution is -2.09. The maximum Gasteiger partial charge on any atom is 0.356 e. The third kappa shape index (κ3) is 4.09. The minimum atomic E-state index is -0.445. The fourth-order valence-electron chi connectivity index (χ4n) is 1.39. The van der Waals surface area contributed by atoms with Crippen molar-refractivity contribution >= 4 is 5.97 Å². The molecule has 100 valence electrons. The van der Waals surface area contributed by atoms with Crippen LogP contribution in [0.2, 0.25) is 0 Å². The molecule has 0 atom stereocenters. The number of nitrogens with zero attached hydrogens (tertiary/aromatic N) is 1. The summed E-state index contributed by atoms with van der Waals surface area (Å²) in [5.41, 5.74) is 0.319. The lowest BCUT2D eigenvalue weighted by molar-refractivity contribution is 0.0479. The average Bonchev–Trinajstić information content (AvgIpc) is 2.94. The van der Waals surface area contributed by atoms with Crippen molar-refractivity contribution in [2.75, 3.05) is 13.2 Å². The SMILES string of the molecule is O=C(OCCCOc1ccc(F)cc1)c1ccn[nH]1. The molecule has 1 aromatic heterocycles. The standard InChI is InChI=1S/C13H13FN2O3/c14-10-2-4-11(5-3-10)18-8-1-9-19-13(17)12-6-7-15-16-12/h2-7H,1,8-9H2,(H,15,16). The number of aromatic nitrogens is 2. The van der Waals surface area contributed by atoms with Crippen LogP contribution in [0.1, 0.15) is 16.9 Å². The van der Waals surface area contributed by atoms with E-state index in [1.807, 2.05) is 0 Å². The van der Waals surface area contributed by atoms with Crippen LogP contribution in [0.4, 0.5) is 4.39 Å². The highest BCUT2D eigenvalue weighted by Gasteiger charge is 2.07. The number of ether oxygens (including phenoxy) is 2. The van der Waals surface area contributed by atoms with Gasteiger partial charge in [0.2, 0.25) is 0 Å². The van der Waals surface area contributed by atoms with Crippen LogP contribution in [-0.2, 0) is 4.74 Å². The van der Waals surface area contributed by atoms with Gasteiger partial charge in [-0.1, -0.05) is 0 Å². The van der Waals surface area contributed by atoms with Gasteiger partial charge in [0.15, 0.2) is 0 Å². The maximum atomic E-state index is 12.6. The smallest absolute Gasteiger partial charge is 0.356 e. The van der Waals surface area contributed by atoms with Gasteiger partial charge in [-0.2, -0.15) is 5.10 Å². The fraction of sp³-hybridized carbons (Fsp3) is 0.231. The summed E-state index contributed by atoms with van der Waals surface area (Å²) in [5.74, 6) is -0.165. The lowest BCUT2D eigenvalue weighted by atomic mass is 10.3. The van der Waals surface area contributed by atoms with Crippen molar-refractivity contribution in [2.24, 2.45) is 0 Å². The Morgan fingerprint density at radius 1 is 1.21 bits per heavy atom. The first-order chi connectivity index (χ1) is 9.25. The number of aromatic amines is 1. The van der Waals surface area contributed by atoms with Gasteiger partial charge in [0, 0.05) is 12.6 Å². The molecule has 19 heavy (non-hydrogen) atoms. The zero-order valence-corrected chi connectivity index (χ0v) is 10.1. The molecule has 0 aliphatic heterocycles. The molecule has 0 aliphatic carbocycles. The normalized spacial score (nSPS) is 10.2. The van der Waals surface area contributed by atoms with E-state index in [4.69, 9.17) is 9.47 Å². The first-order valence-electron chi connectivity index (χ1n) is 5.80. The molecule has 0 radical (unpaired) electrons. The molecule has 0 unspecified atom stereocenters. The Morgan fingerprint density at radius 2 is 2.00 bits per heavy atom. The van der Waals surface area contributed by atoms with Crippen molar-refractivity contribution in [3.63, 3.8) is 0 Å². The molecule has 0 bridgehead atoms. The predicted molar refractivity (Wildman–Crippen MR) is 65.4 cm³/mol. The number of nitrogens with one attached hydrogen (secondary N) is 1. The first kappa shape index (κ1) is 13.1. The summed E-state index contributed by atoms with van der Waals surface area (Å²) >= 11 is 0. The van der Waals surface area contributed by atoms with Crippen molar-refractivity contribution in [3.8, 4) is 5.75 Å². The number of carbonyl (C=O) groups excluding carboxylic acids is 1. The second-order valence-electron chi connectivity index (χ2n) is 3.76. The molecule has 1 heterocycles. The molecular formula is C13H13FN2O3. The van der Waals surface area contributed by atoms with Gasteiger partial charge in [0.1, 0.15) is 17.3 Å². The molecule has 2 aromatic rings. The lowest BCUT2D eigenvalue weighted by Gasteiger charge is -2.06. The highest BCUT2D eigenvalue weighted by Crippen LogP contribution is 2.11. The quantitative estimate of drug-likeness (QED) is 0.641. The predicted octanol–water partition coefficient (Wildman–Crippen LogP) is 2.17. The van der Waals surface area contributed by atoms with E-state index in [0.29, 0.717) is 24.5 Å². The van der Waals surface area contributed by atoms with Crippen LogP contribution in [0.25, 0.3) is 0 Å². The topological polar surface area (TPSA) is 64.2 Å². The molecule has 0 aliphatic rings. The van der Waals surface area contributed by atoms with Gasteiger partial charge in [0.05, 0.1) is 13.2 Å². The highest BCUT2D eigenvalue weighted by atomic mass is 19.1. The summed E-state index contributed by atoms with van der Waals surface area (Å²) in [6.45, 7) is 0.640. The number of rotatable bonds is 6. The summed E-state index contributed by atoms with van der Waals surface area (Å²) in [5, 5.41) is 6.17. The highest BCUT2D eigenvalue weighted by molar-refractivity contribution is 5.86. The van der Waals surface area contributed by atoms with Crippen LogP contribution >= 0.6 is 0 Å². The summed E-state index contributed by atoms with van der Waals surface area (Å²) in [7, 11) is 0. The van der Waals surface area contributed by atoms with E-state index in [2.05, 4.69) is 10.2 Å². The van der Waals surface area contributed by atoms with Gasteiger partial charge in [-0.25, -0.2) is 9.18 Å². The van der Waals surface area contributed by atoms with Gasteiger partial charge < -0.3 is 9.47 Å². The van der Waals surface area contributed by atoms with E-state index in [0.717, 1.165) is 0 Å².